The Bertz CT molecular complexity index is 628. The SMILES string of the molecule is NNC(c1cc(Cl)cc(Br)c1)c1ccc2c(c1)CCO2. The lowest BCUT2D eigenvalue weighted by Crippen LogP contribution is -2.28. The van der Waals surface area contributed by atoms with E-state index in [9.17, 15) is 0 Å². The van der Waals surface area contributed by atoms with E-state index in [1.807, 2.05) is 30.3 Å². The molecule has 1 aliphatic heterocycles. The zero-order chi connectivity index (χ0) is 14.1. The van der Waals surface area contributed by atoms with E-state index in [1.165, 1.54) is 5.56 Å². The number of nitrogens with one attached hydrogen (secondary N) is 1. The topological polar surface area (TPSA) is 47.3 Å². The summed E-state index contributed by atoms with van der Waals surface area (Å²) in [5.74, 6) is 6.71. The fourth-order valence-corrected chi connectivity index (χ4v) is 3.40. The minimum atomic E-state index is -0.101. The van der Waals surface area contributed by atoms with E-state index in [1.54, 1.807) is 0 Å². The van der Waals surface area contributed by atoms with Crippen molar-refractivity contribution in [2.45, 2.75) is 12.5 Å². The maximum Gasteiger partial charge on any atom is 0.122 e. The minimum Gasteiger partial charge on any atom is -0.493 e. The summed E-state index contributed by atoms with van der Waals surface area (Å²) < 4.78 is 6.47. The third kappa shape index (κ3) is 2.69. The van der Waals surface area contributed by atoms with Crippen molar-refractivity contribution in [3.8, 4) is 5.75 Å². The highest BCUT2D eigenvalue weighted by Crippen LogP contribution is 2.32. The van der Waals surface area contributed by atoms with Gasteiger partial charge in [-0.05, 0) is 41.0 Å². The van der Waals surface area contributed by atoms with Crippen LogP contribution in [0.5, 0.6) is 5.75 Å². The zero-order valence-corrected chi connectivity index (χ0v) is 13.0. The molecule has 0 aliphatic carbocycles. The molecule has 0 aromatic heterocycles. The van der Waals surface area contributed by atoms with Crippen molar-refractivity contribution in [3.63, 3.8) is 0 Å². The molecule has 20 heavy (non-hydrogen) atoms. The first-order chi connectivity index (χ1) is 9.67. The second-order valence-electron chi connectivity index (χ2n) is 4.77. The van der Waals surface area contributed by atoms with Crippen LogP contribution in [-0.4, -0.2) is 6.61 Å². The van der Waals surface area contributed by atoms with Gasteiger partial charge >= 0.3 is 0 Å². The molecule has 0 saturated heterocycles. The number of hydrazine groups is 1. The Hall–Kier alpha value is -1.07. The summed E-state index contributed by atoms with van der Waals surface area (Å²) in [6, 6.07) is 11.9. The fraction of sp³-hybridized carbons (Fsp3) is 0.200. The first-order valence-corrected chi connectivity index (χ1v) is 7.52. The highest BCUT2D eigenvalue weighted by Gasteiger charge is 2.18. The highest BCUT2D eigenvalue weighted by atomic mass is 79.9. The third-order valence-electron chi connectivity index (χ3n) is 3.43. The van der Waals surface area contributed by atoms with Gasteiger partial charge in [0.2, 0.25) is 0 Å². The van der Waals surface area contributed by atoms with Gasteiger partial charge in [-0.15, -0.1) is 0 Å². The van der Waals surface area contributed by atoms with Crippen molar-refractivity contribution in [1.29, 1.82) is 0 Å². The monoisotopic (exact) mass is 352 g/mol. The molecule has 0 bridgehead atoms. The molecule has 104 valence electrons. The van der Waals surface area contributed by atoms with Gasteiger partial charge < -0.3 is 4.74 Å². The lowest BCUT2D eigenvalue weighted by atomic mass is 9.97. The van der Waals surface area contributed by atoms with Gasteiger partial charge in [-0.3, -0.25) is 5.84 Å². The molecular weight excluding hydrogens is 340 g/mol. The summed E-state index contributed by atoms with van der Waals surface area (Å²) in [6.07, 6.45) is 0.944. The number of fused-ring (bicyclic) bond motifs is 1. The predicted molar refractivity (Wildman–Crippen MR) is 84.0 cm³/mol. The molecule has 5 heteroatoms. The molecule has 0 radical (unpaired) electrons. The van der Waals surface area contributed by atoms with E-state index >= 15 is 0 Å². The Kier molecular flexibility index (Phi) is 3.98. The zero-order valence-electron chi connectivity index (χ0n) is 10.7. The van der Waals surface area contributed by atoms with Crippen LogP contribution in [0.15, 0.2) is 40.9 Å². The molecule has 1 heterocycles. The maximum absolute atomic E-state index is 6.11. The summed E-state index contributed by atoms with van der Waals surface area (Å²) in [6.45, 7) is 0.752. The van der Waals surface area contributed by atoms with Crippen LogP contribution in [0.2, 0.25) is 5.02 Å². The third-order valence-corrected chi connectivity index (χ3v) is 4.11. The standard InChI is InChI=1S/C15H14BrClN2O/c16-12-6-11(7-13(17)8-12)15(19-18)10-1-2-14-9(5-10)3-4-20-14/h1-2,5-8,15,19H,3-4,18H2. The molecule has 3 rings (SSSR count). The van der Waals surface area contributed by atoms with Crippen LogP contribution in [0.4, 0.5) is 0 Å². The van der Waals surface area contributed by atoms with Crippen LogP contribution in [-0.2, 0) is 6.42 Å². The number of ether oxygens (including phenoxy) is 1. The molecule has 0 fully saturated rings. The van der Waals surface area contributed by atoms with E-state index < -0.39 is 0 Å². The lowest BCUT2D eigenvalue weighted by molar-refractivity contribution is 0.357. The summed E-state index contributed by atoms with van der Waals surface area (Å²) >= 11 is 9.57. The Morgan fingerprint density at radius 2 is 2.05 bits per heavy atom. The van der Waals surface area contributed by atoms with Gasteiger partial charge in [0.05, 0.1) is 12.6 Å². The lowest BCUT2D eigenvalue weighted by Gasteiger charge is -2.18. The van der Waals surface area contributed by atoms with Gasteiger partial charge in [0.1, 0.15) is 5.75 Å². The second-order valence-corrected chi connectivity index (χ2v) is 6.12. The Morgan fingerprint density at radius 3 is 2.80 bits per heavy atom. The Balaban J connectivity index is 2.01. The second kappa shape index (κ2) is 5.74. The minimum absolute atomic E-state index is 0.101. The normalized spacial score (nSPS) is 14.8. The number of rotatable bonds is 3. The highest BCUT2D eigenvalue weighted by molar-refractivity contribution is 9.10. The van der Waals surface area contributed by atoms with E-state index in [0.717, 1.165) is 34.4 Å². The number of nitrogens with two attached hydrogens (primary N) is 1. The van der Waals surface area contributed by atoms with Crippen LogP contribution in [0.25, 0.3) is 0 Å². The van der Waals surface area contributed by atoms with E-state index in [4.69, 9.17) is 22.2 Å². The van der Waals surface area contributed by atoms with Crippen molar-refractivity contribution < 1.29 is 4.74 Å². The number of hydrogen-bond acceptors (Lipinski definition) is 3. The van der Waals surface area contributed by atoms with Gasteiger partial charge in [0, 0.05) is 15.9 Å². The van der Waals surface area contributed by atoms with Gasteiger partial charge in [0.15, 0.2) is 0 Å². The summed E-state index contributed by atoms with van der Waals surface area (Å²) in [7, 11) is 0. The Labute approximate surface area is 131 Å². The first-order valence-electron chi connectivity index (χ1n) is 6.35. The van der Waals surface area contributed by atoms with Crippen LogP contribution >= 0.6 is 27.5 Å². The van der Waals surface area contributed by atoms with Crippen LogP contribution in [0.3, 0.4) is 0 Å². The van der Waals surface area contributed by atoms with Crippen molar-refractivity contribution in [1.82, 2.24) is 5.43 Å². The first kappa shape index (κ1) is 13.9. The summed E-state index contributed by atoms with van der Waals surface area (Å²) in [5.41, 5.74) is 6.21. The smallest absolute Gasteiger partial charge is 0.122 e. The molecule has 0 saturated carbocycles. The molecule has 3 nitrogen and oxygen atoms in total. The largest absolute Gasteiger partial charge is 0.493 e. The predicted octanol–water partition coefficient (Wildman–Crippen LogP) is 3.59. The summed E-state index contributed by atoms with van der Waals surface area (Å²) in [5, 5.41) is 0.680. The van der Waals surface area contributed by atoms with E-state index in [2.05, 4.69) is 27.4 Å². The van der Waals surface area contributed by atoms with Gasteiger partial charge in [-0.1, -0.05) is 39.7 Å². The van der Waals surface area contributed by atoms with Crippen molar-refractivity contribution in [3.05, 3.63) is 62.6 Å². The number of benzene rings is 2. The molecule has 0 amide bonds. The molecule has 0 spiro atoms. The molecular formula is C15H14BrClN2O. The van der Waals surface area contributed by atoms with Gasteiger partial charge in [0.25, 0.3) is 0 Å². The van der Waals surface area contributed by atoms with Crippen molar-refractivity contribution in [2.75, 3.05) is 6.61 Å². The molecule has 1 unspecified atom stereocenters. The summed E-state index contributed by atoms with van der Waals surface area (Å²) in [4.78, 5) is 0. The van der Waals surface area contributed by atoms with Gasteiger partial charge in [-0.25, -0.2) is 5.43 Å². The maximum atomic E-state index is 6.11. The fourth-order valence-electron chi connectivity index (χ4n) is 2.51. The molecule has 2 aromatic rings. The molecule has 1 aliphatic rings. The number of hydrogen-bond donors (Lipinski definition) is 2. The molecule has 2 aromatic carbocycles. The quantitative estimate of drug-likeness (QED) is 0.655. The number of halogens is 2. The average molecular weight is 354 g/mol. The van der Waals surface area contributed by atoms with E-state index in [0.29, 0.717) is 5.02 Å². The Morgan fingerprint density at radius 1 is 1.20 bits per heavy atom. The van der Waals surface area contributed by atoms with Crippen LogP contribution in [0, 0.1) is 0 Å². The van der Waals surface area contributed by atoms with Crippen molar-refractivity contribution in [2.24, 2.45) is 5.84 Å². The molecule has 3 N–H and O–H groups in total. The van der Waals surface area contributed by atoms with Crippen LogP contribution in [0.1, 0.15) is 22.7 Å². The van der Waals surface area contributed by atoms with Crippen molar-refractivity contribution >= 4 is 27.5 Å². The van der Waals surface area contributed by atoms with Crippen LogP contribution < -0.4 is 16.0 Å². The average Bonchev–Trinajstić information content (AvgIpc) is 2.86. The van der Waals surface area contributed by atoms with Gasteiger partial charge in [-0.2, -0.15) is 0 Å². The van der Waals surface area contributed by atoms with E-state index in [-0.39, 0.29) is 6.04 Å². The molecule has 1 atom stereocenters.